The summed E-state index contributed by atoms with van der Waals surface area (Å²) in [7, 11) is 0. The van der Waals surface area contributed by atoms with Crippen LogP contribution in [0.4, 0.5) is 0 Å². The molecule has 0 aromatic heterocycles. The first-order valence-corrected chi connectivity index (χ1v) is 7.21. The van der Waals surface area contributed by atoms with Crippen LogP contribution in [0.3, 0.4) is 0 Å². The van der Waals surface area contributed by atoms with Crippen LogP contribution < -0.4 is 5.73 Å². The Labute approximate surface area is 115 Å². The molecule has 18 heavy (non-hydrogen) atoms. The maximum Gasteiger partial charge on any atom is 0.0473 e. The van der Waals surface area contributed by atoms with Crippen molar-refractivity contribution < 1.29 is 0 Å². The van der Waals surface area contributed by atoms with E-state index < -0.39 is 0 Å². The number of nitrogens with zero attached hydrogens (tertiary/aromatic N) is 1. The van der Waals surface area contributed by atoms with Crippen LogP contribution >= 0.6 is 11.6 Å². The molecule has 1 aliphatic rings. The lowest BCUT2D eigenvalue weighted by Crippen LogP contribution is -2.40. The van der Waals surface area contributed by atoms with E-state index in [9.17, 15) is 0 Å². The van der Waals surface area contributed by atoms with Gasteiger partial charge in [-0.05, 0) is 50.3 Å². The molecule has 2 N–H and O–H groups in total. The Morgan fingerprint density at radius 3 is 2.33 bits per heavy atom. The third-order valence-electron chi connectivity index (χ3n) is 3.71. The molecule has 2 nitrogen and oxygen atoms in total. The lowest BCUT2D eigenvalue weighted by molar-refractivity contribution is 0.149. The first-order chi connectivity index (χ1) is 8.61. The maximum atomic E-state index is 6.00. The van der Waals surface area contributed by atoms with E-state index in [1.54, 1.807) is 0 Å². The summed E-state index contributed by atoms with van der Waals surface area (Å²) in [4.78, 5) is 2.53. The lowest BCUT2D eigenvalue weighted by Gasteiger charge is -2.34. The first kappa shape index (κ1) is 13.9. The average molecular weight is 267 g/mol. The Bertz CT molecular complexity index is 371. The van der Waals surface area contributed by atoms with Crippen LogP contribution in [0, 0.1) is 5.92 Å². The first-order valence-electron chi connectivity index (χ1n) is 6.83. The van der Waals surface area contributed by atoms with E-state index in [0.29, 0.717) is 18.6 Å². The number of hydrogen-bond acceptors (Lipinski definition) is 2. The van der Waals surface area contributed by atoms with Gasteiger partial charge in [-0.2, -0.15) is 0 Å². The number of benzene rings is 1. The summed E-state index contributed by atoms with van der Waals surface area (Å²) < 4.78 is 0. The van der Waals surface area contributed by atoms with Crippen molar-refractivity contribution >= 4 is 11.6 Å². The van der Waals surface area contributed by atoms with E-state index in [1.807, 2.05) is 12.1 Å². The molecule has 3 heteroatoms. The summed E-state index contributed by atoms with van der Waals surface area (Å²) in [6.45, 7) is 6.33. The Morgan fingerprint density at radius 2 is 1.89 bits per heavy atom. The molecule has 0 radical (unpaired) electrons. The summed E-state index contributed by atoms with van der Waals surface area (Å²) in [5.74, 6) is 0.883. The fraction of sp³-hybridized carbons (Fsp3) is 0.600. The second-order valence-corrected chi connectivity index (χ2v) is 5.97. The van der Waals surface area contributed by atoms with Gasteiger partial charge in [0.05, 0.1) is 0 Å². The van der Waals surface area contributed by atoms with E-state index in [2.05, 4.69) is 30.9 Å². The van der Waals surface area contributed by atoms with Gasteiger partial charge in [-0.15, -0.1) is 0 Å². The van der Waals surface area contributed by atoms with Gasteiger partial charge in [0.2, 0.25) is 0 Å². The second-order valence-electron chi connectivity index (χ2n) is 5.54. The van der Waals surface area contributed by atoms with E-state index in [-0.39, 0.29) is 0 Å². The molecule has 2 rings (SSSR count). The van der Waals surface area contributed by atoms with Crippen molar-refractivity contribution in [2.24, 2.45) is 11.7 Å². The van der Waals surface area contributed by atoms with Crippen LogP contribution in [0.15, 0.2) is 24.3 Å². The molecule has 0 aliphatic heterocycles. The van der Waals surface area contributed by atoms with Crippen LogP contribution in [0.5, 0.6) is 0 Å². The van der Waals surface area contributed by atoms with Gasteiger partial charge in [0, 0.05) is 30.2 Å². The molecule has 1 aromatic carbocycles. The minimum atomic E-state index is 0.308. The van der Waals surface area contributed by atoms with Crippen LogP contribution in [-0.4, -0.2) is 24.0 Å². The summed E-state index contributed by atoms with van der Waals surface area (Å²) in [5.41, 5.74) is 7.28. The molecule has 1 aromatic rings. The van der Waals surface area contributed by atoms with E-state index >= 15 is 0 Å². The van der Waals surface area contributed by atoms with Crippen LogP contribution in [0.25, 0.3) is 0 Å². The summed E-state index contributed by atoms with van der Waals surface area (Å²) in [6.07, 6.45) is 2.75. The monoisotopic (exact) mass is 266 g/mol. The molecular formula is C15H23ClN2. The molecular weight excluding hydrogens is 244 g/mol. The van der Waals surface area contributed by atoms with E-state index in [0.717, 1.165) is 10.9 Å². The normalized spacial score (nSPS) is 17.4. The molecule has 100 valence electrons. The zero-order chi connectivity index (χ0) is 13.1. The molecule has 1 unspecified atom stereocenters. The van der Waals surface area contributed by atoms with Crippen LogP contribution in [0.2, 0.25) is 5.02 Å². The highest BCUT2D eigenvalue weighted by Gasteiger charge is 2.29. The molecule has 0 spiro atoms. The maximum absolute atomic E-state index is 6.00. The number of rotatable bonds is 6. The number of halogens is 1. The van der Waals surface area contributed by atoms with Crippen LogP contribution in [-0.2, 0) is 0 Å². The highest BCUT2D eigenvalue weighted by Crippen LogP contribution is 2.33. The Morgan fingerprint density at radius 1 is 1.28 bits per heavy atom. The van der Waals surface area contributed by atoms with Crippen molar-refractivity contribution in [2.75, 3.05) is 13.1 Å². The fourth-order valence-electron chi connectivity index (χ4n) is 2.44. The van der Waals surface area contributed by atoms with Gasteiger partial charge in [0.25, 0.3) is 0 Å². The average Bonchev–Trinajstić information content (AvgIpc) is 3.15. The quantitative estimate of drug-likeness (QED) is 0.854. The fourth-order valence-corrected chi connectivity index (χ4v) is 2.57. The van der Waals surface area contributed by atoms with Crippen molar-refractivity contribution in [3.05, 3.63) is 34.9 Å². The van der Waals surface area contributed by atoms with Gasteiger partial charge in [-0.3, -0.25) is 4.90 Å². The highest BCUT2D eigenvalue weighted by molar-refractivity contribution is 6.30. The molecule has 1 aliphatic carbocycles. The number of hydrogen-bond donors (Lipinski definition) is 1. The number of nitrogens with two attached hydrogens (primary N) is 1. The second kappa shape index (κ2) is 6.05. The van der Waals surface area contributed by atoms with Crippen molar-refractivity contribution in [2.45, 2.75) is 38.8 Å². The molecule has 0 heterocycles. The minimum Gasteiger partial charge on any atom is -0.329 e. The molecule has 1 saturated carbocycles. The predicted molar refractivity (Wildman–Crippen MR) is 77.8 cm³/mol. The highest BCUT2D eigenvalue weighted by atomic mass is 35.5. The molecule has 0 amide bonds. The van der Waals surface area contributed by atoms with Crippen molar-refractivity contribution in [1.29, 1.82) is 0 Å². The van der Waals surface area contributed by atoms with Gasteiger partial charge < -0.3 is 5.73 Å². The third-order valence-corrected chi connectivity index (χ3v) is 3.96. The lowest BCUT2D eigenvalue weighted by atomic mass is 10.0. The van der Waals surface area contributed by atoms with E-state index in [1.165, 1.54) is 24.9 Å². The van der Waals surface area contributed by atoms with Gasteiger partial charge in [-0.25, -0.2) is 0 Å². The Balaban J connectivity index is 2.15. The SMILES string of the molecule is CC(C)N(CC1CC1)C(CN)c1ccc(Cl)cc1. The smallest absolute Gasteiger partial charge is 0.0473 e. The summed E-state index contributed by atoms with van der Waals surface area (Å²) in [6, 6.07) is 8.94. The van der Waals surface area contributed by atoms with Gasteiger partial charge in [-0.1, -0.05) is 23.7 Å². The molecule has 1 atom stereocenters. The van der Waals surface area contributed by atoms with Gasteiger partial charge in [0.15, 0.2) is 0 Å². The van der Waals surface area contributed by atoms with Crippen LogP contribution in [0.1, 0.15) is 38.3 Å². The molecule has 1 fully saturated rings. The predicted octanol–water partition coefficient (Wildman–Crippen LogP) is 3.46. The van der Waals surface area contributed by atoms with E-state index in [4.69, 9.17) is 17.3 Å². The zero-order valence-electron chi connectivity index (χ0n) is 11.3. The Hall–Kier alpha value is -0.570. The molecule has 0 saturated heterocycles. The Kier molecular flexibility index (Phi) is 4.66. The topological polar surface area (TPSA) is 29.3 Å². The van der Waals surface area contributed by atoms with Crippen molar-refractivity contribution in [1.82, 2.24) is 4.90 Å². The summed E-state index contributed by atoms with van der Waals surface area (Å²) >= 11 is 5.95. The van der Waals surface area contributed by atoms with Crippen molar-refractivity contribution in [3.8, 4) is 0 Å². The van der Waals surface area contributed by atoms with Gasteiger partial charge >= 0.3 is 0 Å². The van der Waals surface area contributed by atoms with Crippen molar-refractivity contribution in [3.63, 3.8) is 0 Å². The zero-order valence-corrected chi connectivity index (χ0v) is 12.0. The standard InChI is InChI=1S/C15H23ClN2/c1-11(2)18(10-12-3-4-12)15(9-17)13-5-7-14(16)8-6-13/h5-8,11-12,15H,3-4,9-10,17H2,1-2H3. The van der Waals surface area contributed by atoms with Gasteiger partial charge in [0.1, 0.15) is 0 Å². The molecule has 0 bridgehead atoms. The minimum absolute atomic E-state index is 0.308. The summed E-state index contributed by atoms with van der Waals surface area (Å²) in [5, 5.41) is 0.785. The largest absolute Gasteiger partial charge is 0.329 e. The third kappa shape index (κ3) is 3.47.